The second-order valence-electron chi connectivity index (χ2n) is 13.2. The molecule has 238 valence electrons. The number of fused-ring (bicyclic) bond motifs is 8. The van der Waals surface area contributed by atoms with E-state index in [1.807, 2.05) is 11.3 Å². The van der Waals surface area contributed by atoms with Crippen molar-refractivity contribution >= 4 is 75.1 Å². The number of hydrogen-bond donors (Lipinski definition) is 0. The van der Waals surface area contributed by atoms with Crippen LogP contribution in [0.4, 0.5) is 0 Å². The van der Waals surface area contributed by atoms with Crippen LogP contribution in [0, 0.1) is 0 Å². The largest absolute Gasteiger partial charge is 0.309 e. The summed E-state index contributed by atoms with van der Waals surface area (Å²) in [4.78, 5) is 5.16. The Morgan fingerprint density at radius 1 is 0.412 bits per heavy atom. The summed E-state index contributed by atoms with van der Waals surface area (Å²) >= 11 is 1.88. The molecule has 0 aliphatic rings. The molecule has 8 aromatic carbocycles. The minimum Gasteiger partial charge on any atom is -0.309 e. The molecule has 0 spiro atoms. The fourth-order valence-corrected chi connectivity index (χ4v) is 9.19. The smallest absolute Gasteiger partial charge is 0.145 e. The average molecular weight is 668 g/mol. The Balaban J connectivity index is 1.05. The molecule has 0 unspecified atom stereocenters. The zero-order chi connectivity index (χ0) is 33.5. The van der Waals surface area contributed by atoms with Crippen LogP contribution in [0.3, 0.4) is 0 Å². The van der Waals surface area contributed by atoms with Gasteiger partial charge in [0.1, 0.15) is 5.82 Å². The van der Waals surface area contributed by atoms with Gasteiger partial charge >= 0.3 is 0 Å². The highest BCUT2D eigenvalue weighted by Crippen LogP contribution is 2.42. The molecule has 11 aromatic rings. The number of rotatable bonds is 4. The summed E-state index contributed by atoms with van der Waals surface area (Å²) in [7, 11) is 0. The van der Waals surface area contributed by atoms with Gasteiger partial charge in [-0.15, -0.1) is 11.3 Å². The Morgan fingerprint density at radius 3 is 2.00 bits per heavy atom. The van der Waals surface area contributed by atoms with E-state index in [-0.39, 0.29) is 0 Å². The summed E-state index contributed by atoms with van der Waals surface area (Å²) < 4.78 is 7.35. The summed E-state index contributed by atoms with van der Waals surface area (Å²) in [5, 5.41) is 7.60. The van der Waals surface area contributed by atoms with E-state index in [4.69, 9.17) is 4.98 Å². The highest BCUT2D eigenvalue weighted by molar-refractivity contribution is 7.26. The van der Waals surface area contributed by atoms with Gasteiger partial charge < -0.3 is 4.57 Å². The summed E-state index contributed by atoms with van der Waals surface area (Å²) in [6, 6.07) is 63.6. The minimum atomic E-state index is 0.931. The SMILES string of the molecule is c1ccc2cc(-n3c(-c4ccc(-n5c6ccccc6c6cc(-c7cccc8c7sc7ccccc78)ccc65)cc4)nc4ccccc43)ccc2c1. The summed E-state index contributed by atoms with van der Waals surface area (Å²) in [5.41, 5.74) is 10.3. The van der Waals surface area contributed by atoms with Crippen molar-refractivity contribution in [2.24, 2.45) is 0 Å². The first-order valence-electron chi connectivity index (χ1n) is 17.3. The van der Waals surface area contributed by atoms with E-state index in [9.17, 15) is 0 Å². The number of para-hydroxylation sites is 3. The molecule has 3 heterocycles. The maximum absolute atomic E-state index is 5.16. The Morgan fingerprint density at radius 2 is 1.10 bits per heavy atom. The fourth-order valence-electron chi connectivity index (χ4n) is 7.95. The lowest BCUT2D eigenvalue weighted by Crippen LogP contribution is -1.98. The van der Waals surface area contributed by atoms with Gasteiger partial charge in [0, 0.05) is 47.9 Å². The summed E-state index contributed by atoms with van der Waals surface area (Å²) in [5.74, 6) is 0.931. The van der Waals surface area contributed by atoms with Crippen molar-refractivity contribution in [1.29, 1.82) is 0 Å². The number of benzene rings is 8. The molecule has 0 fully saturated rings. The topological polar surface area (TPSA) is 22.8 Å². The molecule has 3 aromatic heterocycles. The third-order valence-electron chi connectivity index (χ3n) is 10.3. The zero-order valence-corrected chi connectivity index (χ0v) is 28.3. The highest BCUT2D eigenvalue weighted by Gasteiger charge is 2.18. The molecular weight excluding hydrogens is 639 g/mol. The Labute approximate surface area is 297 Å². The number of nitrogens with zero attached hydrogens (tertiary/aromatic N) is 3. The Hall–Kier alpha value is -6.49. The third kappa shape index (κ3) is 4.33. The van der Waals surface area contributed by atoms with E-state index < -0.39 is 0 Å². The third-order valence-corrected chi connectivity index (χ3v) is 11.5. The van der Waals surface area contributed by atoms with Crippen LogP contribution in [0.25, 0.3) is 97.7 Å². The molecule has 51 heavy (non-hydrogen) atoms. The molecule has 0 atom stereocenters. The predicted molar refractivity (Wildman–Crippen MR) is 217 cm³/mol. The first-order chi connectivity index (χ1) is 25.3. The van der Waals surface area contributed by atoms with Crippen molar-refractivity contribution in [3.63, 3.8) is 0 Å². The van der Waals surface area contributed by atoms with Gasteiger partial charge in [-0.05, 0) is 94.7 Å². The first kappa shape index (κ1) is 28.4. The summed E-state index contributed by atoms with van der Waals surface area (Å²) in [6.07, 6.45) is 0. The standard InChI is InChI=1S/C47H29N3S/c1-2-11-32-28-35(26-20-30(32)10-1)50-44-18-7-5-16-41(44)48-47(50)31-21-24-34(25-22-31)49-42-17-6-3-12-37(42)40-29-33(23-27-43(40)49)36-14-9-15-39-38-13-4-8-19-45(38)51-46(36)39/h1-29H. The zero-order valence-electron chi connectivity index (χ0n) is 27.5. The molecule has 0 saturated heterocycles. The normalized spacial score (nSPS) is 11.9. The van der Waals surface area contributed by atoms with E-state index in [1.54, 1.807) is 0 Å². The van der Waals surface area contributed by atoms with E-state index in [0.717, 1.165) is 33.8 Å². The average Bonchev–Trinajstić information content (AvgIpc) is 3.87. The molecule has 0 radical (unpaired) electrons. The molecule has 0 aliphatic heterocycles. The van der Waals surface area contributed by atoms with E-state index in [2.05, 4.69) is 185 Å². The lowest BCUT2D eigenvalue weighted by atomic mass is 10.0. The number of thiophene rings is 1. The van der Waals surface area contributed by atoms with Gasteiger partial charge in [0.2, 0.25) is 0 Å². The van der Waals surface area contributed by atoms with Crippen LogP contribution >= 0.6 is 11.3 Å². The van der Waals surface area contributed by atoms with Crippen molar-refractivity contribution in [3.05, 3.63) is 176 Å². The number of imidazole rings is 1. The van der Waals surface area contributed by atoms with Crippen LogP contribution in [0.2, 0.25) is 0 Å². The van der Waals surface area contributed by atoms with Gasteiger partial charge in [-0.25, -0.2) is 4.98 Å². The van der Waals surface area contributed by atoms with Gasteiger partial charge in [-0.1, -0.05) is 103 Å². The Kier molecular flexibility index (Phi) is 6.12. The molecule has 0 aliphatic carbocycles. The van der Waals surface area contributed by atoms with Crippen LogP contribution in [0.1, 0.15) is 0 Å². The quantitative estimate of drug-likeness (QED) is 0.183. The summed E-state index contributed by atoms with van der Waals surface area (Å²) in [6.45, 7) is 0. The minimum absolute atomic E-state index is 0.931. The molecule has 0 amide bonds. The van der Waals surface area contributed by atoms with Crippen LogP contribution in [0.15, 0.2) is 176 Å². The van der Waals surface area contributed by atoms with Crippen LogP contribution in [0.5, 0.6) is 0 Å². The van der Waals surface area contributed by atoms with Crippen molar-refractivity contribution in [2.75, 3.05) is 0 Å². The van der Waals surface area contributed by atoms with Gasteiger partial charge in [0.25, 0.3) is 0 Å². The highest BCUT2D eigenvalue weighted by atomic mass is 32.1. The Bertz CT molecular complexity index is 3140. The second kappa shape index (κ2) is 11.0. The molecule has 11 rings (SSSR count). The van der Waals surface area contributed by atoms with E-state index in [0.29, 0.717) is 0 Å². The lowest BCUT2D eigenvalue weighted by Gasteiger charge is -2.12. The van der Waals surface area contributed by atoms with Crippen molar-refractivity contribution in [1.82, 2.24) is 14.1 Å². The van der Waals surface area contributed by atoms with Crippen molar-refractivity contribution < 1.29 is 0 Å². The van der Waals surface area contributed by atoms with Crippen LogP contribution in [-0.4, -0.2) is 14.1 Å². The number of aromatic nitrogens is 3. The molecule has 0 saturated carbocycles. The second-order valence-corrected chi connectivity index (χ2v) is 14.3. The maximum Gasteiger partial charge on any atom is 0.145 e. The number of hydrogen-bond acceptors (Lipinski definition) is 2. The van der Waals surface area contributed by atoms with Crippen LogP contribution in [-0.2, 0) is 0 Å². The van der Waals surface area contributed by atoms with E-state index >= 15 is 0 Å². The van der Waals surface area contributed by atoms with Gasteiger partial charge in [-0.2, -0.15) is 0 Å². The maximum atomic E-state index is 5.16. The monoisotopic (exact) mass is 667 g/mol. The lowest BCUT2D eigenvalue weighted by molar-refractivity contribution is 1.10. The van der Waals surface area contributed by atoms with Gasteiger partial charge in [0.15, 0.2) is 0 Å². The van der Waals surface area contributed by atoms with Crippen LogP contribution < -0.4 is 0 Å². The predicted octanol–water partition coefficient (Wildman–Crippen LogP) is 13.0. The van der Waals surface area contributed by atoms with Crippen molar-refractivity contribution in [2.45, 2.75) is 0 Å². The molecular formula is C47H29N3S. The molecule has 3 nitrogen and oxygen atoms in total. The van der Waals surface area contributed by atoms with Gasteiger partial charge in [-0.3, -0.25) is 4.57 Å². The fraction of sp³-hybridized carbons (Fsp3) is 0. The molecule has 4 heteroatoms. The molecule has 0 bridgehead atoms. The van der Waals surface area contributed by atoms with E-state index in [1.165, 1.54) is 63.9 Å². The molecule has 0 N–H and O–H groups in total. The van der Waals surface area contributed by atoms with Crippen molar-refractivity contribution in [3.8, 4) is 33.9 Å². The first-order valence-corrected chi connectivity index (χ1v) is 18.1. The van der Waals surface area contributed by atoms with Gasteiger partial charge in [0.05, 0.1) is 22.1 Å².